The van der Waals surface area contributed by atoms with Crippen LogP contribution in [0.25, 0.3) is 5.69 Å². The molecule has 0 N–H and O–H groups in total. The zero-order valence-corrected chi connectivity index (χ0v) is 16.1. The molecule has 0 radical (unpaired) electrons. The van der Waals surface area contributed by atoms with Crippen molar-refractivity contribution in [2.24, 2.45) is 4.99 Å². The molecule has 2 aromatic rings. The number of amides is 2. The number of halogens is 4. The van der Waals surface area contributed by atoms with Crippen LogP contribution in [0.4, 0.5) is 22.4 Å². The highest BCUT2D eigenvalue weighted by molar-refractivity contribution is 7.09. The minimum absolute atomic E-state index is 0.322. The summed E-state index contributed by atoms with van der Waals surface area (Å²) >= 11 is 1.25. The van der Waals surface area contributed by atoms with Gasteiger partial charge in [-0.25, -0.2) is 4.79 Å². The lowest BCUT2D eigenvalue weighted by Gasteiger charge is -2.31. The predicted molar refractivity (Wildman–Crippen MR) is 95.9 cm³/mol. The average molecular weight is 431 g/mol. The van der Waals surface area contributed by atoms with Crippen molar-refractivity contribution in [2.45, 2.75) is 38.4 Å². The Morgan fingerprint density at radius 3 is 2.41 bits per heavy atom. The van der Waals surface area contributed by atoms with Crippen LogP contribution in [-0.2, 0) is 0 Å². The lowest BCUT2D eigenvalue weighted by Crippen LogP contribution is -2.52. The van der Waals surface area contributed by atoms with Crippen LogP contribution in [0.2, 0.25) is 0 Å². The lowest BCUT2D eigenvalue weighted by molar-refractivity contribution is -0.391. The first-order valence-corrected chi connectivity index (χ1v) is 9.79. The third-order valence-corrected chi connectivity index (χ3v) is 5.51. The van der Waals surface area contributed by atoms with Crippen LogP contribution in [0.5, 0.6) is 11.5 Å². The number of aryl methyl sites for hydroxylation is 1. The van der Waals surface area contributed by atoms with Crippen LogP contribution < -0.4 is 14.3 Å². The fraction of sp³-hybridized carbons (Fsp3) is 0.444. The van der Waals surface area contributed by atoms with Crippen molar-refractivity contribution in [1.29, 1.82) is 0 Å². The summed E-state index contributed by atoms with van der Waals surface area (Å²) in [7, 11) is 0. The maximum absolute atomic E-state index is 13.5. The van der Waals surface area contributed by atoms with Crippen molar-refractivity contribution in [3.05, 3.63) is 34.1 Å². The van der Waals surface area contributed by atoms with Gasteiger partial charge in [0.25, 0.3) is 0 Å². The standard InChI is InChI=1S/C18H17F4N3O3S/c1-11-10-25(16(29-11)23-15(26)24-7-3-2-4-8-24)12-5-6-13-14(9-12)28-18(21,22)17(19,20)27-13/h5-6,9-10H,2-4,7-8H2,1H3/b23-16-. The number of nitrogens with zero attached hydrogens (tertiary/aromatic N) is 3. The van der Waals surface area contributed by atoms with Crippen molar-refractivity contribution in [1.82, 2.24) is 9.47 Å². The first-order chi connectivity index (χ1) is 13.7. The van der Waals surface area contributed by atoms with E-state index < -0.39 is 23.7 Å². The summed E-state index contributed by atoms with van der Waals surface area (Å²) in [6, 6.07) is 3.29. The molecule has 0 saturated carbocycles. The lowest BCUT2D eigenvalue weighted by atomic mass is 10.1. The summed E-state index contributed by atoms with van der Waals surface area (Å²) in [6.45, 7) is 3.08. The molecule has 0 bridgehead atoms. The van der Waals surface area contributed by atoms with E-state index in [4.69, 9.17) is 0 Å². The van der Waals surface area contributed by atoms with Crippen molar-refractivity contribution in [3.8, 4) is 17.2 Å². The summed E-state index contributed by atoms with van der Waals surface area (Å²) in [5.41, 5.74) is 0.322. The van der Waals surface area contributed by atoms with Gasteiger partial charge in [0.05, 0.1) is 5.69 Å². The Kier molecular flexibility index (Phi) is 4.80. The molecule has 1 aromatic carbocycles. The van der Waals surface area contributed by atoms with E-state index >= 15 is 0 Å². The second-order valence-electron chi connectivity index (χ2n) is 6.81. The van der Waals surface area contributed by atoms with Gasteiger partial charge in [-0.2, -0.15) is 22.6 Å². The van der Waals surface area contributed by atoms with Gasteiger partial charge < -0.3 is 14.4 Å². The first kappa shape index (κ1) is 19.7. The van der Waals surface area contributed by atoms with Gasteiger partial charge in [-0.05, 0) is 38.3 Å². The summed E-state index contributed by atoms with van der Waals surface area (Å²) in [4.78, 5) is 19.5. The molecule has 0 unspecified atom stereocenters. The molecule has 1 fully saturated rings. The number of thiazole rings is 1. The molecule has 2 aliphatic rings. The number of carbonyl (C=O) groups is 1. The summed E-state index contributed by atoms with van der Waals surface area (Å²) in [6.07, 6.45) is -4.98. The monoisotopic (exact) mass is 431 g/mol. The van der Waals surface area contributed by atoms with E-state index in [2.05, 4.69) is 14.5 Å². The number of fused-ring (bicyclic) bond motifs is 1. The van der Waals surface area contributed by atoms with Gasteiger partial charge in [0, 0.05) is 30.2 Å². The van der Waals surface area contributed by atoms with Gasteiger partial charge in [0.1, 0.15) is 0 Å². The second-order valence-corrected chi connectivity index (χ2v) is 8.02. The number of carbonyl (C=O) groups excluding carboxylic acids is 1. The number of urea groups is 1. The van der Waals surface area contributed by atoms with Crippen LogP contribution >= 0.6 is 11.3 Å². The molecular weight excluding hydrogens is 414 g/mol. The Bertz CT molecular complexity index is 1010. The fourth-order valence-corrected chi connectivity index (χ4v) is 3.99. The summed E-state index contributed by atoms with van der Waals surface area (Å²) in [5, 5.41) is 0. The fourth-order valence-electron chi connectivity index (χ4n) is 3.16. The van der Waals surface area contributed by atoms with E-state index in [1.54, 1.807) is 18.0 Å². The van der Waals surface area contributed by atoms with Gasteiger partial charge in [-0.15, -0.1) is 11.3 Å². The van der Waals surface area contributed by atoms with Gasteiger partial charge >= 0.3 is 18.2 Å². The first-order valence-electron chi connectivity index (χ1n) is 8.97. The highest BCUT2D eigenvalue weighted by atomic mass is 32.1. The Hall–Kier alpha value is -2.56. The maximum atomic E-state index is 13.5. The molecule has 1 saturated heterocycles. The highest BCUT2D eigenvalue weighted by Crippen LogP contribution is 2.47. The number of benzene rings is 1. The van der Waals surface area contributed by atoms with E-state index in [0.717, 1.165) is 36.3 Å². The van der Waals surface area contributed by atoms with Crippen LogP contribution in [-0.4, -0.2) is 40.8 Å². The minimum Gasteiger partial charge on any atom is -0.421 e. The van der Waals surface area contributed by atoms with Crippen molar-refractivity contribution < 1.29 is 31.8 Å². The highest BCUT2D eigenvalue weighted by Gasteiger charge is 2.65. The SMILES string of the molecule is Cc1cn(-c2ccc3c(c2)OC(F)(F)C(F)(F)O3)/c(=N/C(=O)N2CCCCC2)s1. The molecule has 4 rings (SSSR count). The van der Waals surface area contributed by atoms with Gasteiger partial charge in [-0.3, -0.25) is 4.57 Å². The van der Waals surface area contributed by atoms with Crippen molar-refractivity contribution >= 4 is 17.4 Å². The van der Waals surface area contributed by atoms with Gasteiger partial charge in [0.15, 0.2) is 16.3 Å². The number of aromatic nitrogens is 1. The van der Waals surface area contributed by atoms with E-state index in [1.165, 1.54) is 22.0 Å². The van der Waals surface area contributed by atoms with E-state index in [9.17, 15) is 22.4 Å². The van der Waals surface area contributed by atoms with Crippen LogP contribution in [0.3, 0.4) is 0 Å². The molecule has 2 aliphatic heterocycles. The predicted octanol–water partition coefficient (Wildman–Crippen LogP) is 4.31. The number of likely N-dealkylation sites (tertiary alicyclic amines) is 1. The molecule has 156 valence electrons. The number of hydrogen-bond donors (Lipinski definition) is 0. The largest absolute Gasteiger partial charge is 0.507 e. The van der Waals surface area contributed by atoms with Crippen molar-refractivity contribution in [2.75, 3.05) is 13.1 Å². The van der Waals surface area contributed by atoms with E-state index in [-0.39, 0.29) is 6.03 Å². The molecule has 0 spiro atoms. The van der Waals surface area contributed by atoms with Crippen LogP contribution in [0.15, 0.2) is 29.4 Å². The Balaban J connectivity index is 1.70. The maximum Gasteiger partial charge on any atom is 0.507 e. The molecule has 29 heavy (non-hydrogen) atoms. The number of alkyl halides is 4. The van der Waals surface area contributed by atoms with E-state index in [0.29, 0.717) is 23.6 Å². The third-order valence-electron chi connectivity index (χ3n) is 4.61. The molecule has 3 heterocycles. The Labute approximate surface area is 167 Å². The number of hydrogen-bond acceptors (Lipinski definition) is 4. The summed E-state index contributed by atoms with van der Waals surface area (Å²) in [5.74, 6) is -1.02. The Morgan fingerprint density at radius 1 is 1.07 bits per heavy atom. The zero-order chi connectivity index (χ0) is 20.8. The second kappa shape index (κ2) is 7.05. The van der Waals surface area contributed by atoms with Gasteiger partial charge in [0.2, 0.25) is 0 Å². The normalized spacial score (nSPS) is 20.6. The molecular formula is C18H17F4N3O3S. The third kappa shape index (κ3) is 3.70. The topological polar surface area (TPSA) is 56.1 Å². The zero-order valence-electron chi connectivity index (χ0n) is 15.3. The molecule has 0 aliphatic carbocycles. The Morgan fingerprint density at radius 2 is 1.72 bits per heavy atom. The molecule has 6 nitrogen and oxygen atoms in total. The molecule has 0 atom stereocenters. The number of piperidine rings is 1. The van der Waals surface area contributed by atoms with Crippen LogP contribution in [0, 0.1) is 6.92 Å². The average Bonchev–Trinajstić information content (AvgIpc) is 3.02. The molecule has 11 heteroatoms. The van der Waals surface area contributed by atoms with Gasteiger partial charge in [-0.1, -0.05) is 0 Å². The van der Waals surface area contributed by atoms with Crippen molar-refractivity contribution in [3.63, 3.8) is 0 Å². The summed E-state index contributed by atoms with van der Waals surface area (Å²) < 4.78 is 63.4. The number of rotatable bonds is 1. The minimum atomic E-state index is -4.80. The van der Waals surface area contributed by atoms with E-state index in [1.807, 2.05) is 0 Å². The molecule has 1 aromatic heterocycles. The number of ether oxygens (including phenoxy) is 2. The quantitative estimate of drug-likeness (QED) is 0.633. The van der Waals surface area contributed by atoms with Crippen LogP contribution in [0.1, 0.15) is 24.1 Å². The molecule has 2 amide bonds. The smallest absolute Gasteiger partial charge is 0.421 e.